The largest absolute Gasteiger partial charge is 0.286 e. The number of hydrogen-bond acceptors (Lipinski definition) is 2. The van der Waals surface area contributed by atoms with Gasteiger partial charge in [-0.05, 0) is 32.3 Å². The highest BCUT2D eigenvalue weighted by Crippen LogP contribution is 2.34. The molecule has 0 amide bonds. The van der Waals surface area contributed by atoms with E-state index in [4.69, 9.17) is 4.55 Å². The third-order valence-electron chi connectivity index (χ3n) is 3.65. The predicted molar refractivity (Wildman–Crippen MR) is 96.4 cm³/mol. The standard InChI is InChI=1S/C18H12.CH4O3S/c1-2-8-14-13(7-1)15-9-3-4-11-17(15)18-12-6-5-10-16(14)18;1-5(2,3)4/h1-12H;1H3,(H,2,3,4). The molecule has 0 saturated heterocycles. The van der Waals surface area contributed by atoms with Crippen molar-refractivity contribution in [1.29, 1.82) is 0 Å². The molecule has 4 heteroatoms. The Balaban J connectivity index is 0.000000276. The fourth-order valence-corrected chi connectivity index (χ4v) is 2.86. The molecule has 0 saturated carbocycles. The summed E-state index contributed by atoms with van der Waals surface area (Å²) in [5, 5.41) is 8.04. The van der Waals surface area contributed by atoms with Crippen LogP contribution in [0.2, 0.25) is 0 Å². The van der Waals surface area contributed by atoms with Crippen LogP contribution >= 0.6 is 0 Å². The Morgan fingerprint density at radius 2 is 0.696 bits per heavy atom. The Morgan fingerprint density at radius 3 is 0.826 bits per heavy atom. The van der Waals surface area contributed by atoms with Crippen molar-refractivity contribution in [3.63, 3.8) is 0 Å². The van der Waals surface area contributed by atoms with Crippen molar-refractivity contribution in [3.8, 4) is 0 Å². The highest BCUT2D eigenvalue weighted by atomic mass is 32.2. The second kappa shape index (κ2) is 5.99. The minimum Gasteiger partial charge on any atom is -0.286 e. The Hall–Kier alpha value is -2.43. The first-order valence-corrected chi connectivity index (χ1v) is 9.00. The van der Waals surface area contributed by atoms with Gasteiger partial charge in [0, 0.05) is 0 Å². The molecule has 0 heterocycles. The highest BCUT2D eigenvalue weighted by Gasteiger charge is 2.06. The van der Waals surface area contributed by atoms with Gasteiger partial charge in [0.2, 0.25) is 0 Å². The summed E-state index contributed by atoms with van der Waals surface area (Å²) in [5.74, 6) is 0. The minimum atomic E-state index is -3.67. The van der Waals surface area contributed by atoms with Crippen molar-refractivity contribution in [2.24, 2.45) is 0 Å². The third-order valence-corrected chi connectivity index (χ3v) is 3.65. The maximum absolute atomic E-state index is 9.19. The second-order valence-corrected chi connectivity index (χ2v) is 6.84. The van der Waals surface area contributed by atoms with E-state index >= 15 is 0 Å². The van der Waals surface area contributed by atoms with Crippen LogP contribution in [0.25, 0.3) is 32.3 Å². The first-order valence-electron chi connectivity index (χ1n) is 7.16. The molecular weight excluding hydrogens is 308 g/mol. The Bertz CT molecular complexity index is 871. The third kappa shape index (κ3) is 3.33. The minimum absolute atomic E-state index is 0.715. The van der Waals surface area contributed by atoms with Crippen LogP contribution < -0.4 is 0 Å². The second-order valence-electron chi connectivity index (χ2n) is 5.37. The lowest BCUT2D eigenvalue weighted by Gasteiger charge is -2.09. The summed E-state index contributed by atoms with van der Waals surface area (Å²) in [6, 6.07) is 26.0. The van der Waals surface area contributed by atoms with Crippen molar-refractivity contribution in [2.45, 2.75) is 0 Å². The number of hydrogen-bond donors (Lipinski definition) is 1. The summed E-state index contributed by atoms with van der Waals surface area (Å²) in [7, 11) is -3.67. The molecule has 0 fully saturated rings. The molecule has 0 spiro atoms. The molecule has 1 N–H and O–H groups in total. The lowest BCUT2D eigenvalue weighted by atomic mass is 9.95. The van der Waals surface area contributed by atoms with Gasteiger partial charge in [0.15, 0.2) is 0 Å². The Kier molecular flexibility index (Phi) is 4.03. The fourth-order valence-electron chi connectivity index (χ4n) is 2.86. The molecule has 4 aromatic rings. The molecule has 0 aliphatic carbocycles. The summed E-state index contributed by atoms with van der Waals surface area (Å²) < 4.78 is 25.9. The van der Waals surface area contributed by atoms with Crippen LogP contribution in [0.4, 0.5) is 0 Å². The van der Waals surface area contributed by atoms with E-state index in [0.29, 0.717) is 6.26 Å². The van der Waals surface area contributed by atoms with Gasteiger partial charge in [0.05, 0.1) is 6.26 Å². The van der Waals surface area contributed by atoms with Crippen LogP contribution in [0.3, 0.4) is 0 Å². The maximum atomic E-state index is 9.19. The molecule has 0 atom stereocenters. The molecule has 23 heavy (non-hydrogen) atoms. The highest BCUT2D eigenvalue weighted by molar-refractivity contribution is 7.85. The van der Waals surface area contributed by atoms with E-state index in [1.807, 2.05) is 0 Å². The molecule has 0 bridgehead atoms. The van der Waals surface area contributed by atoms with Gasteiger partial charge < -0.3 is 0 Å². The molecule has 0 radical (unpaired) electrons. The quantitative estimate of drug-likeness (QED) is 0.378. The van der Waals surface area contributed by atoms with Gasteiger partial charge in [-0.2, -0.15) is 8.42 Å². The summed E-state index contributed by atoms with van der Waals surface area (Å²) in [5.41, 5.74) is 0. The maximum Gasteiger partial charge on any atom is 0.261 e. The van der Waals surface area contributed by atoms with Crippen LogP contribution in [0.1, 0.15) is 0 Å². The van der Waals surface area contributed by atoms with E-state index in [-0.39, 0.29) is 0 Å². The van der Waals surface area contributed by atoms with Gasteiger partial charge in [0.25, 0.3) is 10.1 Å². The van der Waals surface area contributed by atoms with E-state index in [9.17, 15) is 8.42 Å². The van der Waals surface area contributed by atoms with Crippen molar-refractivity contribution in [2.75, 3.05) is 6.26 Å². The average Bonchev–Trinajstić information content (AvgIpc) is 2.54. The average molecular weight is 324 g/mol. The number of rotatable bonds is 0. The van der Waals surface area contributed by atoms with Crippen molar-refractivity contribution < 1.29 is 13.0 Å². The van der Waals surface area contributed by atoms with Crippen LogP contribution in [0.5, 0.6) is 0 Å². The normalized spacial score (nSPS) is 11.4. The van der Waals surface area contributed by atoms with E-state index in [1.54, 1.807) is 0 Å². The Labute approximate surface area is 134 Å². The number of benzene rings is 4. The first-order chi connectivity index (χ1) is 10.9. The Morgan fingerprint density at radius 1 is 0.565 bits per heavy atom. The number of fused-ring (bicyclic) bond motifs is 6. The smallest absolute Gasteiger partial charge is 0.261 e. The van der Waals surface area contributed by atoms with Crippen molar-refractivity contribution in [3.05, 3.63) is 72.8 Å². The van der Waals surface area contributed by atoms with Gasteiger partial charge >= 0.3 is 0 Å². The van der Waals surface area contributed by atoms with Crippen molar-refractivity contribution in [1.82, 2.24) is 0 Å². The summed E-state index contributed by atoms with van der Waals surface area (Å²) in [6.45, 7) is 0. The summed E-state index contributed by atoms with van der Waals surface area (Å²) in [4.78, 5) is 0. The van der Waals surface area contributed by atoms with Crippen molar-refractivity contribution >= 4 is 42.4 Å². The molecule has 0 aliphatic rings. The topological polar surface area (TPSA) is 54.4 Å². The fraction of sp³-hybridized carbons (Fsp3) is 0.0526. The molecule has 116 valence electrons. The van der Waals surface area contributed by atoms with Crippen LogP contribution in [-0.2, 0) is 10.1 Å². The van der Waals surface area contributed by atoms with Crippen LogP contribution in [0.15, 0.2) is 72.8 Å². The lowest BCUT2D eigenvalue weighted by Crippen LogP contribution is -1.88. The lowest BCUT2D eigenvalue weighted by molar-refractivity contribution is 0.490. The van der Waals surface area contributed by atoms with Gasteiger partial charge in [-0.3, -0.25) is 4.55 Å². The van der Waals surface area contributed by atoms with E-state index in [2.05, 4.69) is 72.8 Å². The van der Waals surface area contributed by atoms with Gasteiger partial charge in [-0.25, -0.2) is 0 Å². The SMILES string of the molecule is CS(=O)(=O)O.c1ccc2c(c1)c1ccccc1c1ccccc21. The summed E-state index contributed by atoms with van der Waals surface area (Å²) >= 11 is 0. The molecule has 0 aliphatic heterocycles. The molecule has 3 nitrogen and oxygen atoms in total. The van der Waals surface area contributed by atoms with Crippen LogP contribution in [0, 0.1) is 0 Å². The zero-order chi connectivity index (χ0) is 16.4. The van der Waals surface area contributed by atoms with E-state index in [1.165, 1.54) is 32.3 Å². The molecular formula is C19H16O3S. The first kappa shape index (κ1) is 15.5. The zero-order valence-electron chi connectivity index (χ0n) is 12.6. The molecule has 0 unspecified atom stereocenters. The molecule has 4 rings (SSSR count). The predicted octanol–water partition coefficient (Wildman–Crippen LogP) is 4.65. The summed E-state index contributed by atoms with van der Waals surface area (Å²) in [6.07, 6.45) is 0.715. The van der Waals surface area contributed by atoms with Crippen LogP contribution in [-0.4, -0.2) is 19.2 Å². The van der Waals surface area contributed by atoms with E-state index < -0.39 is 10.1 Å². The van der Waals surface area contributed by atoms with Gasteiger partial charge in [-0.1, -0.05) is 72.8 Å². The monoisotopic (exact) mass is 324 g/mol. The van der Waals surface area contributed by atoms with Gasteiger partial charge in [0.1, 0.15) is 0 Å². The molecule has 0 aromatic heterocycles. The zero-order valence-corrected chi connectivity index (χ0v) is 13.4. The molecule has 4 aromatic carbocycles. The van der Waals surface area contributed by atoms with Gasteiger partial charge in [-0.15, -0.1) is 0 Å². The van der Waals surface area contributed by atoms with E-state index in [0.717, 1.165) is 0 Å².